The first kappa shape index (κ1) is 21.6. The lowest BCUT2D eigenvalue weighted by Gasteiger charge is -2.25. The largest absolute Gasteiger partial charge is 0.507 e. The van der Waals surface area contributed by atoms with E-state index in [-0.39, 0.29) is 17.9 Å². The Hall–Kier alpha value is -4.20. The van der Waals surface area contributed by atoms with Crippen LogP contribution in [0.5, 0.6) is 17.2 Å². The fraction of sp³-hybridized carbons (Fsp3) is 0.231. The van der Waals surface area contributed by atoms with Gasteiger partial charge in [0.15, 0.2) is 11.5 Å². The summed E-state index contributed by atoms with van der Waals surface area (Å²) in [4.78, 5) is 27.7. The zero-order chi connectivity index (χ0) is 23.7. The topological polar surface area (TPSA) is 98.4 Å². The summed E-state index contributed by atoms with van der Waals surface area (Å²) >= 11 is 0. The van der Waals surface area contributed by atoms with E-state index in [4.69, 9.17) is 18.6 Å². The maximum absolute atomic E-state index is 13.2. The predicted molar refractivity (Wildman–Crippen MR) is 122 cm³/mol. The highest BCUT2D eigenvalue weighted by Gasteiger charge is 2.46. The molecule has 1 unspecified atom stereocenters. The molecule has 1 saturated heterocycles. The molecule has 3 aromatic rings. The van der Waals surface area contributed by atoms with E-state index in [2.05, 4.69) is 0 Å². The van der Waals surface area contributed by atoms with E-state index in [1.165, 1.54) is 11.2 Å². The van der Waals surface area contributed by atoms with E-state index in [0.717, 1.165) is 0 Å². The molecule has 3 heterocycles. The molecule has 1 fully saturated rings. The van der Waals surface area contributed by atoms with Gasteiger partial charge in [0.2, 0.25) is 0 Å². The maximum atomic E-state index is 13.2. The molecule has 2 aliphatic heterocycles. The van der Waals surface area contributed by atoms with Crippen LogP contribution in [-0.2, 0) is 16.1 Å². The number of aliphatic hydroxyl groups is 1. The standard InChI is InChI=1S/C26H23NO7/c1-2-31-18-8-5-16(6-9-18)23-22(25(29)26(30)27(23)15-19-4-3-11-32-19)24(28)17-7-10-20-21(14-17)34-13-12-33-20/h3-11,14,23,28H,2,12-13,15H2,1H3/b24-22-. The second-order valence-electron chi connectivity index (χ2n) is 7.87. The molecule has 1 amide bonds. The molecule has 0 aliphatic carbocycles. The van der Waals surface area contributed by atoms with Crippen LogP contribution in [0.15, 0.2) is 70.9 Å². The number of rotatable bonds is 6. The highest BCUT2D eigenvalue weighted by Crippen LogP contribution is 2.42. The average molecular weight is 461 g/mol. The monoisotopic (exact) mass is 461 g/mol. The lowest BCUT2D eigenvalue weighted by atomic mass is 9.95. The minimum Gasteiger partial charge on any atom is -0.507 e. The third-order valence-electron chi connectivity index (χ3n) is 5.77. The van der Waals surface area contributed by atoms with E-state index in [1.807, 2.05) is 6.92 Å². The predicted octanol–water partition coefficient (Wildman–Crippen LogP) is 4.07. The van der Waals surface area contributed by atoms with Crippen LogP contribution in [0.2, 0.25) is 0 Å². The summed E-state index contributed by atoms with van der Waals surface area (Å²) in [7, 11) is 0. The summed E-state index contributed by atoms with van der Waals surface area (Å²) in [5.74, 6) is 0.462. The molecule has 2 aliphatic rings. The minimum absolute atomic E-state index is 0.00241. The minimum atomic E-state index is -0.811. The molecule has 1 atom stereocenters. The van der Waals surface area contributed by atoms with Gasteiger partial charge in [-0.25, -0.2) is 0 Å². The zero-order valence-electron chi connectivity index (χ0n) is 18.5. The third kappa shape index (κ3) is 3.87. The second kappa shape index (κ2) is 8.97. The van der Waals surface area contributed by atoms with Crippen molar-refractivity contribution in [3.63, 3.8) is 0 Å². The van der Waals surface area contributed by atoms with Crippen LogP contribution >= 0.6 is 0 Å². The van der Waals surface area contributed by atoms with Crippen molar-refractivity contribution in [3.8, 4) is 17.2 Å². The highest BCUT2D eigenvalue weighted by molar-refractivity contribution is 6.46. The van der Waals surface area contributed by atoms with Crippen LogP contribution in [-0.4, -0.2) is 41.5 Å². The molecule has 8 nitrogen and oxygen atoms in total. The van der Waals surface area contributed by atoms with Crippen LogP contribution < -0.4 is 14.2 Å². The number of aliphatic hydroxyl groups excluding tert-OH is 1. The van der Waals surface area contributed by atoms with Crippen molar-refractivity contribution in [2.75, 3.05) is 19.8 Å². The Balaban J connectivity index is 1.61. The van der Waals surface area contributed by atoms with E-state index < -0.39 is 17.7 Å². The number of Topliss-reactive ketones (excluding diaryl/α,β-unsaturated/α-hetero) is 1. The summed E-state index contributed by atoms with van der Waals surface area (Å²) in [6.45, 7) is 3.30. The molecule has 0 bridgehead atoms. The first-order chi connectivity index (χ1) is 16.6. The van der Waals surface area contributed by atoms with Gasteiger partial charge in [0.25, 0.3) is 11.7 Å². The summed E-state index contributed by atoms with van der Waals surface area (Å²) in [5.41, 5.74) is 1.02. The van der Waals surface area contributed by atoms with E-state index in [0.29, 0.717) is 54.0 Å². The van der Waals surface area contributed by atoms with Crippen LogP contribution in [0.4, 0.5) is 0 Å². The number of furan rings is 1. The molecule has 8 heteroatoms. The Bertz CT molecular complexity index is 1240. The summed E-state index contributed by atoms with van der Waals surface area (Å²) in [6, 6.07) is 14.7. The molecule has 0 saturated carbocycles. The quantitative estimate of drug-likeness (QED) is 0.336. The molecule has 174 valence electrons. The van der Waals surface area contributed by atoms with Crippen LogP contribution in [0.3, 0.4) is 0 Å². The summed E-state index contributed by atoms with van der Waals surface area (Å²) in [5, 5.41) is 11.3. The Morgan fingerprint density at radius 2 is 1.82 bits per heavy atom. The number of ether oxygens (including phenoxy) is 3. The number of hydrogen-bond donors (Lipinski definition) is 1. The Morgan fingerprint density at radius 3 is 2.53 bits per heavy atom. The molecule has 0 spiro atoms. The SMILES string of the molecule is CCOc1ccc(C2/C(=C(/O)c3ccc4c(c3)OCCO4)C(=O)C(=O)N2Cc2ccco2)cc1. The highest BCUT2D eigenvalue weighted by atomic mass is 16.6. The smallest absolute Gasteiger partial charge is 0.296 e. The van der Waals surface area contributed by atoms with Crippen LogP contribution in [0, 0.1) is 0 Å². The van der Waals surface area contributed by atoms with Crippen molar-refractivity contribution in [2.24, 2.45) is 0 Å². The first-order valence-electron chi connectivity index (χ1n) is 11.0. The van der Waals surface area contributed by atoms with Gasteiger partial charge < -0.3 is 28.6 Å². The fourth-order valence-corrected chi connectivity index (χ4v) is 4.22. The number of fused-ring (bicyclic) bond motifs is 1. The molecule has 1 N–H and O–H groups in total. The first-order valence-corrected chi connectivity index (χ1v) is 11.0. The van der Waals surface area contributed by atoms with Gasteiger partial charge in [-0.1, -0.05) is 12.1 Å². The maximum Gasteiger partial charge on any atom is 0.296 e. The third-order valence-corrected chi connectivity index (χ3v) is 5.77. The van der Waals surface area contributed by atoms with Gasteiger partial charge in [-0.3, -0.25) is 9.59 Å². The number of carbonyl (C=O) groups excluding carboxylic acids is 2. The number of carbonyl (C=O) groups is 2. The normalized spacial score (nSPS) is 18.9. The van der Waals surface area contributed by atoms with Gasteiger partial charge in [0.1, 0.15) is 30.5 Å². The molecule has 2 aromatic carbocycles. The van der Waals surface area contributed by atoms with Gasteiger partial charge in [-0.2, -0.15) is 0 Å². The zero-order valence-corrected chi connectivity index (χ0v) is 18.5. The van der Waals surface area contributed by atoms with Crippen LogP contribution in [0.1, 0.15) is 29.9 Å². The van der Waals surface area contributed by atoms with Crippen molar-refractivity contribution in [2.45, 2.75) is 19.5 Å². The average Bonchev–Trinajstić information content (AvgIpc) is 3.46. The van der Waals surface area contributed by atoms with Crippen molar-refractivity contribution >= 4 is 17.4 Å². The number of benzene rings is 2. The van der Waals surface area contributed by atoms with Crippen molar-refractivity contribution in [1.82, 2.24) is 4.90 Å². The van der Waals surface area contributed by atoms with Gasteiger partial charge >= 0.3 is 0 Å². The van der Waals surface area contributed by atoms with Crippen molar-refractivity contribution in [3.05, 3.63) is 83.3 Å². The van der Waals surface area contributed by atoms with Gasteiger partial charge in [-0.05, 0) is 55.0 Å². The van der Waals surface area contributed by atoms with E-state index in [9.17, 15) is 14.7 Å². The van der Waals surface area contributed by atoms with Crippen molar-refractivity contribution in [1.29, 1.82) is 0 Å². The molecule has 5 rings (SSSR count). The number of amides is 1. The lowest BCUT2D eigenvalue weighted by molar-refractivity contribution is -0.140. The van der Waals surface area contributed by atoms with Gasteiger partial charge in [0, 0.05) is 5.56 Å². The Kier molecular flexibility index (Phi) is 5.71. The number of likely N-dealkylation sites (tertiary alicyclic amines) is 1. The molecule has 0 radical (unpaired) electrons. The fourth-order valence-electron chi connectivity index (χ4n) is 4.22. The van der Waals surface area contributed by atoms with Crippen LogP contribution in [0.25, 0.3) is 5.76 Å². The molecular weight excluding hydrogens is 438 g/mol. The Morgan fingerprint density at radius 1 is 1.06 bits per heavy atom. The van der Waals surface area contributed by atoms with Gasteiger partial charge in [0.05, 0.1) is 31.0 Å². The number of nitrogens with zero attached hydrogens (tertiary/aromatic N) is 1. The number of ketones is 1. The molecule has 1 aromatic heterocycles. The molecule has 34 heavy (non-hydrogen) atoms. The van der Waals surface area contributed by atoms with Gasteiger partial charge in [-0.15, -0.1) is 0 Å². The number of hydrogen-bond acceptors (Lipinski definition) is 7. The van der Waals surface area contributed by atoms with Crippen molar-refractivity contribution < 1.29 is 33.3 Å². The second-order valence-corrected chi connectivity index (χ2v) is 7.87. The summed E-state index contributed by atoms with van der Waals surface area (Å²) < 4.78 is 22.1. The summed E-state index contributed by atoms with van der Waals surface area (Å²) in [6.07, 6.45) is 1.51. The van der Waals surface area contributed by atoms with E-state index >= 15 is 0 Å². The van der Waals surface area contributed by atoms with E-state index in [1.54, 1.807) is 54.6 Å². The molecular formula is C26H23NO7. The lowest BCUT2D eigenvalue weighted by Crippen LogP contribution is -2.29. The Labute approximate surface area is 196 Å².